The van der Waals surface area contributed by atoms with Gasteiger partial charge in [0, 0.05) is 12.4 Å². The Hall–Kier alpha value is -1.72. The molecule has 0 saturated heterocycles. The van der Waals surface area contributed by atoms with E-state index in [9.17, 15) is 4.79 Å². The van der Waals surface area contributed by atoms with Gasteiger partial charge in [0.2, 0.25) is 0 Å². The van der Waals surface area contributed by atoms with Crippen molar-refractivity contribution in [1.82, 2.24) is 15.3 Å². The number of hydrogen-bond acceptors (Lipinski definition) is 4. The lowest BCUT2D eigenvalue weighted by Gasteiger charge is -2.19. The Morgan fingerprint density at radius 1 is 1.56 bits per heavy atom. The zero-order valence-corrected chi connectivity index (χ0v) is 9.74. The Balaban J connectivity index is 2.09. The predicted octanol–water partition coefficient (Wildman–Crippen LogP) is 1.31. The van der Waals surface area contributed by atoms with Crippen molar-refractivity contribution >= 4 is 6.09 Å². The van der Waals surface area contributed by atoms with Gasteiger partial charge in [-0.1, -0.05) is 0 Å². The van der Waals surface area contributed by atoms with Gasteiger partial charge in [-0.2, -0.15) is 0 Å². The largest absolute Gasteiger partial charge is 0.463 e. The summed E-state index contributed by atoms with van der Waals surface area (Å²) < 4.78 is 10.2. The molecule has 0 spiro atoms. The van der Waals surface area contributed by atoms with Crippen molar-refractivity contribution in [1.29, 1.82) is 0 Å². The molecule has 1 rings (SSSR count). The van der Waals surface area contributed by atoms with Crippen LogP contribution >= 0.6 is 0 Å². The van der Waals surface area contributed by atoms with Crippen molar-refractivity contribution in [2.24, 2.45) is 0 Å². The van der Waals surface area contributed by atoms with Crippen molar-refractivity contribution in [2.75, 3.05) is 13.2 Å². The topological polar surface area (TPSA) is 76.2 Å². The molecule has 0 aliphatic carbocycles. The van der Waals surface area contributed by atoms with Crippen LogP contribution in [0, 0.1) is 0 Å². The molecule has 0 saturated carbocycles. The van der Waals surface area contributed by atoms with Crippen LogP contribution in [0.5, 0.6) is 6.01 Å². The zero-order chi connectivity index (χ0) is 12.0. The molecule has 0 aromatic carbocycles. The minimum Gasteiger partial charge on any atom is -0.463 e. The Bertz CT molecular complexity index is 317. The van der Waals surface area contributed by atoms with Gasteiger partial charge in [-0.3, -0.25) is 0 Å². The maximum absolute atomic E-state index is 11.2. The number of nitrogens with zero attached hydrogens (tertiary/aromatic N) is 1. The number of ether oxygens (including phenoxy) is 2. The molecule has 0 unspecified atom stereocenters. The number of H-pyrrole nitrogens is 1. The van der Waals surface area contributed by atoms with Gasteiger partial charge in [-0.25, -0.2) is 9.78 Å². The molecule has 0 aliphatic rings. The first-order chi connectivity index (χ1) is 7.47. The summed E-state index contributed by atoms with van der Waals surface area (Å²) in [6, 6.07) is 0.436. The van der Waals surface area contributed by atoms with Crippen molar-refractivity contribution in [3.05, 3.63) is 12.4 Å². The molecule has 1 aromatic heterocycles. The number of carbonyl (C=O) groups excluding carboxylic acids is 1. The van der Waals surface area contributed by atoms with E-state index in [1.54, 1.807) is 12.4 Å². The van der Waals surface area contributed by atoms with Crippen molar-refractivity contribution in [3.8, 4) is 6.01 Å². The smallest absolute Gasteiger partial charge is 0.407 e. The highest BCUT2D eigenvalue weighted by Gasteiger charge is 2.15. The Kier molecular flexibility index (Phi) is 4.16. The molecule has 1 amide bonds. The summed E-state index contributed by atoms with van der Waals surface area (Å²) in [5, 5.41) is 2.57. The second-order valence-corrected chi connectivity index (χ2v) is 4.17. The molecule has 2 N–H and O–H groups in total. The van der Waals surface area contributed by atoms with Crippen LogP contribution in [-0.4, -0.2) is 34.8 Å². The standard InChI is InChI=1S/C10H17N3O3/c1-10(2,3)16-9(14)13-6-7-15-8-11-4-5-12-8/h4-5H,6-7H2,1-3H3,(H,11,12)(H,13,14). The summed E-state index contributed by atoms with van der Waals surface area (Å²) >= 11 is 0. The summed E-state index contributed by atoms with van der Waals surface area (Å²) in [6.07, 6.45) is 2.81. The summed E-state index contributed by atoms with van der Waals surface area (Å²) in [5.41, 5.74) is -0.480. The number of aromatic amines is 1. The molecule has 6 heteroatoms. The Labute approximate surface area is 94.4 Å². The van der Waals surface area contributed by atoms with E-state index in [4.69, 9.17) is 9.47 Å². The average molecular weight is 227 g/mol. The van der Waals surface area contributed by atoms with E-state index in [1.165, 1.54) is 0 Å². The maximum Gasteiger partial charge on any atom is 0.407 e. The second-order valence-electron chi connectivity index (χ2n) is 4.17. The Morgan fingerprint density at radius 2 is 2.31 bits per heavy atom. The molecular formula is C10H17N3O3. The van der Waals surface area contributed by atoms with Crippen LogP contribution < -0.4 is 10.1 Å². The fourth-order valence-corrected chi connectivity index (χ4v) is 0.945. The fourth-order valence-electron chi connectivity index (χ4n) is 0.945. The van der Waals surface area contributed by atoms with Crippen LogP contribution in [0.15, 0.2) is 12.4 Å². The Morgan fingerprint density at radius 3 is 2.88 bits per heavy atom. The number of aromatic nitrogens is 2. The second kappa shape index (κ2) is 5.39. The van der Waals surface area contributed by atoms with Crippen molar-refractivity contribution < 1.29 is 14.3 Å². The van der Waals surface area contributed by atoms with E-state index in [0.29, 0.717) is 19.2 Å². The van der Waals surface area contributed by atoms with Crippen molar-refractivity contribution in [3.63, 3.8) is 0 Å². The van der Waals surface area contributed by atoms with Gasteiger partial charge >= 0.3 is 6.09 Å². The third-order valence-electron chi connectivity index (χ3n) is 1.48. The summed E-state index contributed by atoms with van der Waals surface area (Å²) in [7, 11) is 0. The highest BCUT2D eigenvalue weighted by Crippen LogP contribution is 2.06. The number of amides is 1. The molecule has 1 heterocycles. The highest BCUT2D eigenvalue weighted by atomic mass is 16.6. The minimum absolute atomic E-state index is 0.340. The third kappa shape index (κ3) is 5.23. The number of rotatable bonds is 4. The first-order valence-corrected chi connectivity index (χ1v) is 5.06. The van der Waals surface area contributed by atoms with E-state index in [-0.39, 0.29) is 0 Å². The van der Waals surface area contributed by atoms with Gasteiger partial charge in [0.05, 0.1) is 6.54 Å². The fraction of sp³-hybridized carbons (Fsp3) is 0.600. The number of hydrogen-bond donors (Lipinski definition) is 2. The van der Waals surface area contributed by atoms with E-state index >= 15 is 0 Å². The van der Waals surface area contributed by atoms with Gasteiger partial charge in [0.25, 0.3) is 6.01 Å². The molecule has 0 bridgehead atoms. The third-order valence-corrected chi connectivity index (χ3v) is 1.48. The first-order valence-electron chi connectivity index (χ1n) is 5.06. The number of nitrogens with one attached hydrogen (secondary N) is 2. The van der Waals surface area contributed by atoms with Crippen LogP contribution in [-0.2, 0) is 4.74 Å². The van der Waals surface area contributed by atoms with E-state index in [1.807, 2.05) is 20.8 Å². The lowest BCUT2D eigenvalue weighted by molar-refractivity contribution is 0.0519. The SMILES string of the molecule is CC(C)(C)OC(=O)NCCOc1ncc[nH]1. The van der Waals surface area contributed by atoms with Crippen LogP contribution in [0.25, 0.3) is 0 Å². The van der Waals surface area contributed by atoms with Gasteiger partial charge < -0.3 is 19.8 Å². The number of alkyl carbamates (subject to hydrolysis) is 1. The van der Waals surface area contributed by atoms with Gasteiger partial charge in [-0.05, 0) is 20.8 Å². The van der Waals surface area contributed by atoms with Crippen molar-refractivity contribution in [2.45, 2.75) is 26.4 Å². The summed E-state index contributed by atoms with van der Waals surface area (Å²) in [4.78, 5) is 17.9. The molecule has 90 valence electrons. The zero-order valence-electron chi connectivity index (χ0n) is 9.74. The summed E-state index contributed by atoms with van der Waals surface area (Å²) in [5.74, 6) is 0. The van der Waals surface area contributed by atoms with Gasteiger partial charge in [0.1, 0.15) is 12.2 Å². The van der Waals surface area contributed by atoms with Crippen LogP contribution in [0.3, 0.4) is 0 Å². The molecule has 6 nitrogen and oxygen atoms in total. The van der Waals surface area contributed by atoms with Gasteiger partial charge in [-0.15, -0.1) is 0 Å². The molecule has 0 aliphatic heterocycles. The molecule has 0 radical (unpaired) electrons. The lowest BCUT2D eigenvalue weighted by Crippen LogP contribution is -2.34. The predicted molar refractivity (Wildman–Crippen MR) is 58.3 cm³/mol. The van der Waals surface area contributed by atoms with E-state index in [0.717, 1.165) is 0 Å². The van der Waals surface area contributed by atoms with E-state index in [2.05, 4.69) is 15.3 Å². The maximum atomic E-state index is 11.2. The lowest BCUT2D eigenvalue weighted by atomic mass is 10.2. The first kappa shape index (κ1) is 12.4. The average Bonchev–Trinajstić information content (AvgIpc) is 2.62. The minimum atomic E-state index is -0.480. The van der Waals surface area contributed by atoms with Crippen LogP contribution in [0.4, 0.5) is 4.79 Å². The quantitative estimate of drug-likeness (QED) is 0.760. The number of imidazole rings is 1. The van der Waals surface area contributed by atoms with Crippen LogP contribution in [0.2, 0.25) is 0 Å². The number of carbonyl (C=O) groups is 1. The summed E-state index contributed by atoms with van der Waals surface area (Å²) in [6.45, 7) is 6.14. The van der Waals surface area contributed by atoms with Gasteiger partial charge in [0.15, 0.2) is 0 Å². The molecular weight excluding hydrogens is 210 g/mol. The van der Waals surface area contributed by atoms with E-state index < -0.39 is 11.7 Å². The van der Waals surface area contributed by atoms with Crippen LogP contribution in [0.1, 0.15) is 20.8 Å². The molecule has 1 aromatic rings. The highest BCUT2D eigenvalue weighted by molar-refractivity contribution is 5.67. The molecule has 0 atom stereocenters. The monoisotopic (exact) mass is 227 g/mol. The normalized spacial score (nSPS) is 10.9. The molecule has 16 heavy (non-hydrogen) atoms. The molecule has 0 fully saturated rings.